The third-order valence-electron chi connectivity index (χ3n) is 3.41. The van der Waals surface area contributed by atoms with Gasteiger partial charge in [-0.05, 0) is 12.1 Å². The number of hydrogen-bond acceptors (Lipinski definition) is 4. The lowest BCUT2D eigenvalue weighted by atomic mass is 10.2. The number of H-pyrrole nitrogens is 1. The minimum atomic E-state index is -5.12. The number of benzene rings is 1. The van der Waals surface area contributed by atoms with Gasteiger partial charge < -0.3 is 4.98 Å². The molecule has 0 bridgehead atoms. The van der Waals surface area contributed by atoms with Crippen LogP contribution in [0.2, 0.25) is 0 Å². The van der Waals surface area contributed by atoms with Crippen molar-refractivity contribution < 1.29 is 30.4 Å². The van der Waals surface area contributed by atoms with Crippen molar-refractivity contribution in [2.75, 3.05) is 4.72 Å². The van der Waals surface area contributed by atoms with Crippen molar-refractivity contribution in [3.63, 3.8) is 0 Å². The molecule has 0 aliphatic heterocycles. The molecule has 3 rings (SSSR count). The molecular formula is C15H9F5N4O2S. The Morgan fingerprint density at radius 3 is 2.41 bits per heavy atom. The van der Waals surface area contributed by atoms with Gasteiger partial charge in [0.15, 0.2) is 0 Å². The zero-order valence-corrected chi connectivity index (χ0v) is 13.9. The lowest BCUT2D eigenvalue weighted by molar-refractivity contribution is -0.140. The average Bonchev–Trinajstić information content (AvgIpc) is 3.08. The fourth-order valence-corrected chi connectivity index (χ4v) is 3.21. The third-order valence-corrected chi connectivity index (χ3v) is 4.76. The van der Waals surface area contributed by atoms with Gasteiger partial charge in [0.05, 0.1) is 23.1 Å². The van der Waals surface area contributed by atoms with Crippen LogP contribution < -0.4 is 4.72 Å². The van der Waals surface area contributed by atoms with E-state index in [9.17, 15) is 30.4 Å². The Bertz CT molecular complexity index is 1080. The van der Waals surface area contributed by atoms with E-state index < -0.39 is 39.1 Å². The van der Waals surface area contributed by atoms with Crippen LogP contribution in [-0.4, -0.2) is 23.4 Å². The second kappa shape index (κ2) is 6.61. The standard InChI is InChI=1S/C15H9F5N4O2S/c16-10-5-12(11(17)4-9(10)15(18,19)20)24-27(25,26)8-3-13(23-6-8)14-7-21-1-2-22-14/h1-7,23-24H. The fourth-order valence-electron chi connectivity index (χ4n) is 2.16. The number of nitrogens with one attached hydrogen (secondary N) is 2. The van der Waals surface area contributed by atoms with Crippen LogP contribution in [0.1, 0.15) is 5.56 Å². The van der Waals surface area contributed by atoms with E-state index in [-0.39, 0.29) is 22.7 Å². The Morgan fingerprint density at radius 1 is 1.04 bits per heavy atom. The molecule has 2 aromatic heterocycles. The molecule has 0 fully saturated rings. The van der Waals surface area contributed by atoms with Gasteiger partial charge >= 0.3 is 6.18 Å². The van der Waals surface area contributed by atoms with E-state index in [0.717, 1.165) is 12.3 Å². The highest BCUT2D eigenvalue weighted by Gasteiger charge is 2.35. The van der Waals surface area contributed by atoms with E-state index in [4.69, 9.17) is 0 Å². The second-order valence-electron chi connectivity index (χ2n) is 5.25. The van der Waals surface area contributed by atoms with Gasteiger partial charge in [-0.2, -0.15) is 13.2 Å². The zero-order chi connectivity index (χ0) is 19.8. The topological polar surface area (TPSA) is 87.7 Å². The monoisotopic (exact) mass is 404 g/mol. The molecular weight excluding hydrogens is 395 g/mol. The Hall–Kier alpha value is -3.02. The maximum absolute atomic E-state index is 13.9. The summed E-state index contributed by atoms with van der Waals surface area (Å²) in [6.45, 7) is 0. The Morgan fingerprint density at radius 2 is 1.78 bits per heavy atom. The van der Waals surface area contributed by atoms with Gasteiger partial charge in [0.25, 0.3) is 10.0 Å². The van der Waals surface area contributed by atoms with Crippen LogP contribution in [0.5, 0.6) is 0 Å². The van der Waals surface area contributed by atoms with Crippen LogP contribution >= 0.6 is 0 Å². The van der Waals surface area contributed by atoms with Crippen LogP contribution in [0.3, 0.4) is 0 Å². The van der Waals surface area contributed by atoms with Crippen LogP contribution in [0.4, 0.5) is 27.6 Å². The summed E-state index contributed by atoms with van der Waals surface area (Å²) in [6, 6.07) is 1.17. The molecule has 0 aliphatic rings. The van der Waals surface area contributed by atoms with Gasteiger partial charge in [0.1, 0.15) is 22.2 Å². The number of alkyl halides is 3. The first-order chi connectivity index (χ1) is 12.6. The molecule has 1 aromatic carbocycles. The van der Waals surface area contributed by atoms with Crippen molar-refractivity contribution in [1.82, 2.24) is 15.0 Å². The van der Waals surface area contributed by atoms with Crippen molar-refractivity contribution in [2.45, 2.75) is 11.1 Å². The van der Waals surface area contributed by atoms with Crippen LogP contribution in [0, 0.1) is 11.6 Å². The third kappa shape index (κ3) is 3.89. The van der Waals surface area contributed by atoms with Crippen molar-refractivity contribution >= 4 is 15.7 Å². The van der Waals surface area contributed by atoms with Crippen molar-refractivity contribution in [1.29, 1.82) is 0 Å². The molecule has 0 spiro atoms. The van der Waals surface area contributed by atoms with Crippen molar-refractivity contribution in [3.8, 4) is 11.4 Å². The molecule has 142 valence electrons. The summed E-state index contributed by atoms with van der Waals surface area (Å²) in [7, 11) is -4.41. The largest absolute Gasteiger partial charge is 0.419 e. The van der Waals surface area contributed by atoms with Crippen LogP contribution in [-0.2, 0) is 16.2 Å². The van der Waals surface area contributed by atoms with Gasteiger partial charge in [0.2, 0.25) is 0 Å². The second-order valence-corrected chi connectivity index (χ2v) is 6.94. The minimum absolute atomic E-state index is 0.116. The lowest BCUT2D eigenvalue weighted by Gasteiger charge is -2.12. The molecule has 0 saturated carbocycles. The summed E-state index contributed by atoms with van der Waals surface area (Å²) in [5, 5.41) is 0. The number of aromatic nitrogens is 3. The Kier molecular flexibility index (Phi) is 4.59. The first-order valence-corrected chi connectivity index (χ1v) is 8.60. The summed E-state index contributed by atoms with van der Waals surface area (Å²) in [4.78, 5) is 10.1. The number of aromatic amines is 1. The summed E-state index contributed by atoms with van der Waals surface area (Å²) in [5.74, 6) is -3.38. The lowest BCUT2D eigenvalue weighted by Crippen LogP contribution is -2.15. The molecule has 0 aliphatic carbocycles. The molecule has 0 amide bonds. The van der Waals surface area contributed by atoms with E-state index in [1.165, 1.54) is 18.6 Å². The molecule has 12 heteroatoms. The first kappa shape index (κ1) is 18.8. The molecule has 27 heavy (non-hydrogen) atoms. The maximum atomic E-state index is 13.9. The molecule has 2 N–H and O–H groups in total. The highest BCUT2D eigenvalue weighted by Crippen LogP contribution is 2.34. The fraction of sp³-hybridized carbons (Fsp3) is 0.0667. The minimum Gasteiger partial charge on any atom is -0.359 e. The molecule has 0 unspecified atom stereocenters. The number of anilines is 1. The summed E-state index contributed by atoms with van der Waals surface area (Å²) in [6.07, 6.45) is 0.0936. The van der Waals surface area contributed by atoms with Gasteiger partial charge in [0, 0.05) is 24.7 Å². The predicted octanol–water partition coefficient (Wildman–Crippen LogP) is 3.57. The van der Waals surface area contributed by atoms with E-state index in [0.29, 0.717) is 5.69 Å². The van der Waals surface area contributed by atoms with Gasteiger partial charge in [-0.25, -0.2) is 17.2 Å². The normalized spacial score (nSPS) is 12.2. The predicted molar refractivity (Wildman–Crippen MR) is 84.0 cm³/mol. The van der Waals surface area contributed by atoms with Crippen molar-refractivity contribution in [3.05, 3.63) is 60.2 Å². The SMILES string of the molecule is O=S(=O)(Nc1cc(F)c(C(F)(F)F)cc1F)c1c[nH]c(-c2cnccn2)c1. The molecule has 0 saturated heterocycles. The van der Waals surface area contributed by atoms with Gasteiger partial charge in [-0.3, -0.25) is 14.7 Å². The maximum Gasteiger partial charge on any atom is 0.419 e. The summed E-state index contributed by atoms with van der Waals surface area (Å²) in [5.41, 5.74) is -2.19. The van der Waals surface area contributed by atoms with E-state index in [2.05, 4.69) is 15.0 Å². The van der Waals surface area contributed by atoms with Crippen LogP contribution in [0.25, 0.3) is 11.4 Å². The smallest absolute Gasteiger partial charge is 0.359 e. The molecule has 0 atom stereocenters. The van der Waals surface area contributed by atoms with Gasteiger partial charge in [-0.15, -0.1) is 0 Å². The average molecular weight is 404 g/mol. The van der Waals surface area contributed by atoms with E-state index >= 15 is 0 Å². The summed E-state index contributed by atoms with van der Waals surface area (Å²) < 4.78 is 91.5. The quantitative estimate of drug-likeness (QED) is 0.651. The number of halogens is 5. The highest BCUT2D eigenvalue weighted by molar-refractivity contribution is 7.92. The van der Waals surface area contributed by atoms with Crippen LogP contribution in [0.15, 0.2) is 47.9 Å². The number of sulfonamides is 1. The first-order valence-electron chi connectivity index (χ1n) is 7.12. The molecule has 0 radical (unpaired) electrons. The Labute approximate surface area is 149 Å². The highest BCUT2D eigenvalue weighted by atomic mass is 32.2. The Balaban J connectivity index is 1.92. The number of rotatable bonds is 4. The number of hydrogen-bond donors (Lipinski definition) is 2. The zero-order valence-electron chi connectivity index (χ0n) is 13.1. The van der Waals surface area contributed by atoms with Gasteiger partial charge in [-0.1, -0.05) is 0 Å². The van der Waals surface area contributed by atoms with E-state index in [1.54, 1.807) is 4.72 Å². The summed E-state index contributed by atoms with van der Waals surface area (Å²) >= 11 is 0. The molecule has 6 nitrogen and oxygen atoms in total. The van der Waals surface area contributed by atoms with E-state index in [1.807, 2.05) is 0 Å². The molecule has 2 heterocycles. The molecule has 3 aromatic rings. The number of nitrogens with zero attached hydrogens (tertiary/aromatic N) is 2. The van der Waals surface area contributed by atoms with Crippen molar-refractivity contribution in [2.24, 2.45) is 0 Å².